The van der Waals surface area contributed by atoms with Crippen molar-refractivity contribution in [3.63, 3.8) is 0 Å². The predicted molar refractivity (Wildman–Crippen MR) is 73.4 cm³/mol. The van der Waals surface area contributed by atoms with Crippen LogP contribution in [-0.4, -0.2) is 26.8 Å². The van der Waals surface area contributed by atoms with E-state index in [4.69, 9.17) is 9.47 Å². The normalized spacial score (nSPS) is 16.4. The topological polar surface area (TPSA) is 30.5 Å². The molecule has 1 saturated carbocycles. The first-order valence-electron chi connectivity index (χ1n) is 6.66. The Hall–Kier alpha value is -1.22. The smallest absolute Gasteiger partial charge is 0.122 e. The van der Waals surface area contributed by atoms with Crippen molar-refractivity contribution in [3.8, 4) is 11.5 Å². The van der Waals surface area contributed by atoms with E-state index in [2.05, 4.69) is 24.4 Å². The van der Waals surface area contributed by atoms with Gasteiger partial charge >= 0.3 is 0 Å². The lowest BCUT2D eigenvalue weighted by molar-refractivity contribution is 0.392. The molecule has 0 amide bonds. The van der Waals surface area contributed by atoms with Gasteiger partial charge in [-0.1, -0.05) is 6.92 Å². The monoisotopic (exact) mass is 249 g/mol. The molecule has 1 unspecified atom stereocenters. The minimum atomic E-state index is 0.627. The molecule has 100 valence electrons. The highest BCUT2D eigenvalue weighted by molar-refractivity contribution is 5.38. The maximum absolute atomic E-state index is 5.29. The summed E-state index contributed by atoms with van der Waals surface area (Å²) in [6, 6.07) is 6.88. The Kier molecular flexibility index (Phi) is 4.48. The maximum atomic E-state index is 5.29. The molecule has 0 heterocycles. The van der Waals surface area contributed by atoms with Crippen molar-refractivity contribution in [2.75, 3.05) is 20.8 Å². The van der Waals surface area contributed by atoms with Crippen LogP contribution >= 0.6 is 0 Å². The van der Waals surface area contributed by atoms with Crippen LogP contribution in [0.5, 0.6) is 11.5 Å². The van der Waals surface area contributed by atoms with Crippen LogP contribution in [0.15, 0.2) is 18.2 Å². The molecule has 3 heteroatoms. The van der Waals surface area contributed by atoms with Crippen LogP contribution in [0, 0.1) is 5.92 Å². The van der Waals surface area contributed by atoms with E-state index in [-0.39, 0.29) is 0 Å². The molecule has 0 saturated heterocycles. The van der Waals surface area contributed by atoms with Crippen LogP contribution in [0.2, 0.25) is 0 Å². The van der Waals surface area contributed by atoms with E-state index in [0.29, 0.717) is 5.92 Å². The van der Waals surface area contributed by atoms with Crippen molar-refractivity contribution < 1.29 is 9.47 Å². The number of methoxy groups -OCH3 is 2. The zero-order valence-electron chi connectivity index (χ0n) is 11.5. The molecule has 0 aromatic heterocycles. The minimum Gasteiger partial charge on any atom is -0.497 e. The molecule has 1 aliphatic carbocycles. The standard InChI is InChI=1S/C15H23NO2/c1-11(10-16-13-4-5-13)6-12-7-14(17-2)9-15(8-12)18-3/h7-9,11,13,16H,4-6,10H2,1-3H3. The third-order valence-corrected chi connectivity index (χ3v) is 3.33. The average molecular weight is 249 g/mol. The molecule has 2 rings (SSSR count). The number of hydrogen-bond donors (Lipinski definition) is 1. The van der Waals surface area contributed by atoms with E-state index < -0.39 is 0 Å². The lowest BCUT2D eigenvalue weighted by Gasteiger charge is -2.14. The Morgan fingerprint density at radius 3 is 2.28 bits per heavy atom. The molecule has 18 heavy (non-hydrogen) atoms. The van der Waals surface area contributed by atoms with Gasteiger partial charge in [-0.05, 0) is 49.4 Å². The van der Waals surface area contributed by atoms with Crippen molar-refractivity contribution in [2.24, 2.45) is 5.92 Å². The van der Waals surface area contributed by atoms with Gasteiger partial charge in [-0.15, -0.1) is 0 Å². The van der Waals surface area contributed by atoms with E-state index in [1.165, 1.54) is 18.4 Å². The Morgan fingerprint density at radius 2 is 1.78 bits per heavy atom. The van der Waals surface area contributed by atoms with Gasteiger partial charge in [0.05, 0.1) is 14.2 Å². The molecule has 1 fully saturated rings. The van der Waals surface area contributed by atoms with Crippen molar-refractivity contribution in [1.82, 2.24) is 5.32 Å². The second-order valence-electron chi connectivity index (χ2n) is 5.21. The fourth-order valence-corrected chi connectivity index (χ4v) is 2.11. The second-order valence-corrected chi connectivity index (χ2v) is 5.21. The summed E-state index contributed by atoms with van der Waals surface area (Å²) in [7, 11) is 3.38. The summed E-state index contributed by atoms with van der Waals surface area (Å²) in [5.74, 6) is 2.36. The molecular formula is C15H23NO2. The summed E-state index contributed by atoms with van der Waals surface area (Å²) in [4.78, 5) is 0. The van der Waals surface area contributed by atoms with Crippen LogP contribution in [0.1, 0.15) is 25.3 Å². The molecule has 1 N–H and O–H groups in total. The number of hydrogen-bond acceptors (Lipinski definition) is 3. The van der Waals surface area contributed by atoms with Gasteiger partial charge in [0, 0.05) is 12.1 Å². The highest BCUT2D eigenvalue weighted by atomic mass is 16.5. The molecule has 1 aromatic rings. The molecule has 0 bridgehead atoms. The van der Waals surface area contributed by atoms with Crippen LogP contribution in [0.3, 0.4) is 0 Å². The van der Waals surface area contributed by atoms with Gasteiger partial charge in [0.2, 0.25) is 0 Å². The SMILES string of the molecule is COc1cc(CC(C)CNC2CC2)cc(OC)c1. The van der Waals surface area contributed by atoms with Crippen LogP contribution in [0.4, 0.5) is 0 Å². The maximum Gasteiger partial charge on any atom is 0.122 e. The second kappa shape index (κ2) is 6.10. The first-order chi connectivity index (χ1) is 8.71. The van der Waals surface area contributed by atoms with Gasteiger partial charge < -0.3 is 14.8 Å². The van der Waals surface area contributed by atoms with Gasteiger partial charge in [-0.2, -0.15) is 0 Å². The van der Waals surface area contributed by atoms with Gasteiger partial charge in [-0.25, -0.2) is 0 Å². The molecule has 1 atom stereocenters. The molecular weight excluding hydrogens is 226 g/mol. The Balaban J connectivity index is 1.93. The molecule has 1 aromatic carbocycles. The van der Waals surface area contributed by atoms with Crippen molar-refractivity contribution >= 4 is 0 Å². The third kappa shape index (κ3) is 3.91. The molecule has 0 aliphatic heterocycles. The molecule has 1 aliphatic rings. The summed E-state index contributed by atoms with van der Waals surface area (Å²) in [6.45, 7) is 3.37. The molecule has 3 nitrogen and oxygen atoms in total. The Labute approximate surface area is 109 Å². The largest absolute Gasteiger partial charge is 0.497 e. The van der Waals surface area contributed by atoms with Crippen LogP contribution in [0.25, 0.3) is 0 Å². The lowest BCUT2D eigenvalue weighted by atomic mass is 10.0. The number of nitrogens with one attached hydrogen (secondary N) is 1. The number of rotatable bonds is 7. The Morgan fingerprint density at radius 1 is 1.17 bits per heavy atom. The van der Waals surface area contributed by atoms with Gasteiger partial charge in [0.15, 0.2) is 0 Å². The first-order valence-corrected chi connectivity index (χ1v) is 6.66. The summed E-state index contributed by atoms with van der Waals surface area (Å²) >= 11 is 0. The predicted octanol–water partition coefficient (Wildman–Crippen LogP) is 2.63. The van der Waals surface area contributed by atoms with Gasteiger partial charge in [0.25, 0.3) is 0 Å². The zero-order chi connectivity index (χ0) is 13.0. The van der Waals surface area contributed by atoms with E-state index in [1.54, 1.807) is 14.2 Å². The third-order valence-electron chi connectivity index (χ3n) is 3.33. The average Bonchev–Trinajstić information content (AvgIpc) is 3.19. The quantitative estimate of drug-likeness (QED) is 0.806. The van der Waals surface area contributed by atoms with Crippen LogP contribution < -0.4 is 14.8 Å². The highest BCUT2D eigenvalue weighted by Crippen LogP contribution is 2.24. The highest BCUT2D eigenvalue weighted by Gasteiger charge is 2.20. The summed E-state index contributed by atoms with van der Waals surface area (Å²) in [6.07, 6.45) is 3.74. The van der Waals surface area contributed by atoms with Gasteiger partial charge in [-0.3, -0.25) is 0 Å². The molecule has 0 radical (unpaired) electrons. The number of benzene rings is 1. The summed E-state index contributed by atoms with van der Waals surface area (Å²) in [5, 5.41) is 3.57. The number of ether oxygens (including phenoxy) is 2. The van der Waals surface area contributed by atoms with E-state index >= 15 is 0 Å². The van der Waals surface area contributed by atoms with Crippen molar-refractivity contribution in [3.05, 3.63) is 23.8 Å². The van der Waals surface area contributed by atoms with Gasteiger partial charge in [0.1, 0.15) is 11.5 Å². The fraction of sp³-hybridized carbons (Fsp3) is 0.600. The van der Waals surface area contributed by atoms with E-state index in [9.17, 15) is 0 Å². The fourth-order valence-electron chi connectivity index (χ4n) is 2.11. The first kappa shape index (κ1) is 13.2. The van der Waals surface area contributed by atoms with E-state index in [1.807, 2.05) is 6.07 Å². The minimum absolute atomic E-state index is 0.627. The summed E-state index contributed by atoms with van der Waals surface area (Å²) in [5.41, 5.74) is 1.27. The van der Waals surface area contributed by atoms with Crippen LogP contribution in [-0.2, 0) is 6.42 Å². The zero-order valence-corrected chi connectivity index (χ0v) is 11.5. The lowest BCUT2D eigenvalue weighted by Crippen LogP contribution is -2.24. The molecule has 0 spiro atoms. The summed E-state index contributed by atoms with van der Waals surface area (Å²) < 4.78 is 10.6. The van der Waals surface area contributed by atoms with Crippen molar-refractivity contribution in [2.45, 2.75) is 32.2 Å². The Bertz CT molecular complexity index is 366. The van der Waals surface area contributed by atoms with E-state index in [0.717, 1.165) is 30.5 Å². The van der Waals surface area contributed by atoms with Crippen molar-refractivity contribution in [1.29, 1.82) is 0 Å².